The van der Waals surface area contributed by atoms with Crippen LogP contribution in [0, 0.1) is 18.4 Å². The number of nitrogens with two attached hydrogens (primary N) is 1. The second kappa shape index (κ2) is 25.7. The number of para-hydroxylation sites is 1. The summed E-state index contributed by atoms with van der Waals surface area (Å²) >= 11 is 0. The minimum absolute atomic E-state index is 0.0352. The lowest BCUT2D eigenvalue weighted by atomic mass is 9.99. The van der Waals surface area contributed by atoms with Crippen LogP contribution in [0.15, 0.2) is 67.0 Å². The Morgan fingerprint density at radius 1 is 0.935 bits per heavy atom. The molecule has 0 bridgehead atoms. The molecule has 0 aliphatic carbocycles. The van der Waals surface area contributed by atoms with Gasteiger partial charge in [-0.2, -0.15) is 19.4 Å². The fourth-order valence-electron chi connectivity index (χ4n) is 7.74. The highest BCUT2D eigenvalue weighted by Crippen LogP contribution is 2.48. The molecular weight excluding hydrogens is 811 g/mol. The molecule has 338 valence electrons. The van der Waals surface area contributed by atoms with Gasteiger partial charge in [0.15, 0.2) is 22.6 Å². The monoisotopic (exact) mass is 876 g/mol. The number of rotatable bonds is 30. The van der Waals surface area contributed by atoms with Crippen molar-refractivity contribution < 1.29 is 37.4 Å². The summed E-state index contributed by atoms with van der Waals surface area (Å²) in [5, 5.41) is 14.1. The average Bonchev–Trinajstić information content (AvgIpc) is 3.85. The highest BCUT2D eigenvalue weighted by Gasteiger charge is 2.50. The molecule has 15 heteroatoms. The maximum absolute atomic E-state index is 14.8. The Morgan fingerprint density at radius 3 is 2.08 bits per heavy atom. The molecule has 0 amide bonds. The fraction of sp³-hybridized carbons (Fsp3) is 0.574. The van der Waals surface area contributed by atoms with Crippen molar-refractivity contribution in [1.82, 2.24) is 24.6 Å². The van der Waals surface area contributed by atoms with E-state index in [-0.39, 0.29) is 42.2 Å². The molecule has 62 heavy (non-hydrogen) atoms. The minimum atomic E-state index is -4.48. The minimum Gasteiger partial charge on any atom is -0.465 e. The number of aliphatic hydroxyl groups excluding tert-OH is 1. The summed E-state index contributed by atoms with van der Waals surface area (Å²) in [7, 11) is -4.48. The van der Waals surface area contributed by atoms with E-state index in [0.717, 1.165) is 24.8 Å². The standard InChI is InChI=1S/C47H66FN6O7P/c1-3-5-6-7-8-9-10-11-12-13-14-15-16-17-18-19-20-27-32-58-45(56)39(33-37-28-23-21-24-29-37)53-62(57,61-38-30-25-22-26-31-38)59-35-47(4-2)40(55)34-41(60-47)54-36-50-42-43(49)51-46(48)52-44(42)54/h2,21-26,28-31,36,39-41,55H,3,5-20,27,32-35H2,1H3,(H,53,57)(H2,49,51,52)/t39-,40-,41+,47+,62+/m0/s1. The van der Waals surface area contributed by atoms with Gasteiger partial charge in [-0.25, -0.2) is 9.55 Å². The molecule has 13 nitrogen and oxygen atoms in total. The lowest BCUT2D eigenvalue weighted by Gasteiger charge is -2.30. The predicted octanol–water partition coefficient (Wildman–Crippen LogP) is 10.2. The number of carbonyl (C=O) groups is 1. The van der Waals surface area contributed by atoms with Crippen LogP contribution in [-0.4, -0.2) is 61.6 Å². The van der Waals surface area contributed by atoms with Gasteiger partial charge in [0.05, 0.1) is 12.9 Å². The number of esters is 1. The van der Waals surface area contributed by atoms with Crippen LogP contribution in [0.5, 0.6) is 5.75 Å². The maximum Gasteiger partial charge on any atom is 0.459 e. The number of ether oxygens (including phenoxy) is 2. The first-order valence-corrected chi connectivity index (χ1v) is 24.2. The number of unbranched alkanes of at least 4 members (excludes halogenated alkanes) is 17. The van der Waals surface area contributed by atoms with Crippen LogP contribution in [0.3, 0.4) is 0 Å². The molecule has 5 atom stereocenters. The Labute approximate surface area is 366 Å². The summed E-state index contributed by atoms with van der Waals surface area (Å²) in [6.07, 6.45) is 26.6. The summed E-state index contributed by atoms with van der Waals surface area (Å²) in [5.41, 5.74) is 4.95. The van der Waals surface area contributed by atoms with Gasteiger partial charge in [0, 0.05) is 6.42 Å². The SMILES string of the molecule is C#C[C@]1(CO[P@](=O)(N[C@@H](Cc2ccccc2)C(=O)OCCCCCCCCCCCCCCCCCCCC)Oc2ccccc2)O[C@@H](n2cnc3c(N)nc(F)nc32)C[C@@H]1O. The van der Waals surface area contributed by atoms with E-state index in [0.29, 0.717) is 6.42 Å². The molecule has 1 aliphatic rings. The van der Waals surface area contributed by atoms with Crippen molar-refractivity contribution in [2.24, 2.45) is 0 Å². The third-order valence-electron chi connectivity index (χ3n) is 11.3. The Balaban J connectivity index is 1.12. The van der Waals surface area contributed by atoms with E-state index >= 15 is 0 Å². The van der Waals surface area contributed by atoms with Gasteiger partial charge in [0.2, 0.25) is 0 Å². The largest absolute Gasteiger partial charge is 0.465 e. The van der Waals surface area contributed by atoms with Crippen LogP contribution in [-0.2, 0) is 29.8 Å². The number of hydrogen-bond donors (Lipinski definition) is 3. The molecule has 4 N–H and O–H groups in total. The van der Waals surface area contributed by atoms with E-state index in [1.807, 2.05) is 30.3 Å². The highest BCUT2D eigenvalue weighted by atomic mass is 31.2. The first kappa shape index (κ1) is 48.6. The summed E-state index contributed by atoms with van der Waals surface area (Å²) in [5.74, 6) is 1.87. The number of benzene rings is 2. The quantitative estimate of drug-likeness (QED) is 0.0149. The first-order valence-electron chi connectivity index (χ1n) is 22.6. The Hall–Kier alpha value is -4.38. The second-order valence-electron chi connectivity index (χ2n) is 16.3. The third-order valence-corrected chi connectivity index (χ3v) is 12.9. The summed E-state index contributed by atoms with van der Waals surface area (Å²) in [6.45, 7) is 1.85. The molecule has 0 unspecified atom stereocenters. The van der Waals surface area contributed by atoms with E-state index in [1.165, 1.54) is 101 Å². The predicted molar refractivity (Wildman–Crippen MR) is 239 cm³/mol. The van der Waals surface area contributed by atoms with Crippen molar-refractivity contribution in [2.45, 2.75) is 159 Å². The molecule has 1 aliphatic heterocycles. The number of carbonyl (C=O) groups excluding carboxylic acids is 1. The first-order chi connectivity index (χ1) is 30.1. The van der Waals surface area contributed by atoms with Crippen LogP contribution in [0.25, 0.3) is 11.2 Å². The van der Waals surface area contributed by atoms with Gasteiger partial charge in [-0.05, 0) is 30.5 Å². The summed E-state index contributed by atoms with van der Waals surface area (Å²) in [6, 6.07) is 16.4. The van der Waals surface area contributed by atoms with Crippen molar-refractivity contribution in [3.05, 3.63) is 78.6 Å². The van der Waals surface area contributed by atoms with E-state index in [4.69, 9.17) is 30.7 Å². The molecular formula is C47H66FN6O7P. The normalized spacial score (nSPS) is 18.9. The number of nitrogens with one attached hydrogen (secondary N) is 1. The number of anilines is 1. The van der Waals surface area contributed by atoms with E-state index in [2.05, 4.69) is 32.9 Å². The smallest absolute Gasteiger partial charge is 0.459 e. The third kappa shape index (κ3) is 15.2. The summed E-state index contributed by atoms with van der Waals surface area (Å²) in [4.78, 5) is 25.2. The number of halogens is 1. The van der Waals surface area contributed by atoms with Gasteiger partial charge in [-0.3, -0.25) is 13.9 Å². The van der Waals surface area contributed by atoms with Crippen LogP contribution in [0.1, 0.15) is 141 Å². The van der Waals surface area contributed by atoms with Gasteiger partial charge < -0.3 is 24.8 Å². The van der Waals surface area contributed by atoms with Gasteiger partial charge in [0.1, 0.15) is 30.7 Å². The summed E-state index contributed by atoms with van der Waals surface area (Å²) < 4.78 is 54.2. The van der Waals surface area contributed by atoms with Gasteiger partial charge in [-0.1, -0.05) is 171 Å². The van der Waals surface area contributed by atoms with Crippen LogP contribution >= 0.6 is 7.75 Å². The van der Waals surface area contributed by atoms with Crippen LogP contribution in [0.4, 0.5) is 10.2 Å². The molecule has 0 saturated carbocycles. The Morgan fingerprint density at radius 2 is 1.50 bits per heavy atom. The molecule has 5 rings (SSSR count). The van der Waals surface area contributed by atoms with E-state index in [1.54, 1.807) is 30.3 Å². The molecule has 2 aromatic heterocycles. The van der Waals surface area contributed by atoms with Crippen LogP contribution < -0.4 is 15.3 Å². The number of nitrogens with zero attached hydrogens (tertiary/aromatic N) is 4. The Bertz CT molecular complexity index is 2020. The topological polar surface area (TPSA) is 173 Å². The van der Waals surface area contributed by atoms with Crippen molar-refractivity contribution in [1.29, 1.82) is 0 Å². The number of hydrogen-bond acceptors (Lipinski definition) is 11. The van der Waals surface area contributed by atoms with E-state index in [9.17, 15) is 18.9 Å². The van der Waals surface area contributed by atoms with Gasteiger partial charge in [-0.15, -0.1) is 6.42 Å². The number of fused-ring (bicyclic) bond motifs is 1. The van der Waals surface area contributed by atoms with Crippen molar-refractivity contribution in [3.8, 4) is 18.1 Å². The van der Waals surface area contributed by atoms with Crippen molar-refractivity contribution >= 4 is 30.7 Å². The van der Waals surface area contributed by atoms with E-state index < -0.39 is 50.4 Å². The van der Waals surface area contributed by atoms with Crippen molar-refractivity contribution in [3.63, 3.8) is 0 Å². The second-order valence-corrected chi connectivity index (χ2v) is 18.0. The number of terminal acetylenes is 1. The molecule has 3 heterocycles. The highest BCUT2D eigenvalue weighted by molar-refractivity contribution is 7.52. The zero-order chi connectivity index (χ0) is 44.0. The molecule has 4 aromatic rings. The Kier molecular flexibility index (Phi) is 20.1. The molecule has 1 fully saturated rings. The maximum atomic E-state index is 14.8. The molecule has 1 saturated heterocycles. The number of imidazole rings is 1. The molecule has 0 radical (unpaired) electrons. The number of aliphatic hydroxyl groups is 1. The molecule has 2 aromatic carbocycles. The zero-order valence-corrected chi connectivity index (χ0v) is 37.2. The lowest BCUT2D eigenvalue weighted by Crippen LogP contribution is -2.44. The van der Waals surface area contributed by atoms with Crippen molar-refractivity contribution in [2.75, 3.05) is 18.9 Å². The number of nitrogen functional groups attached to an aromatic ring is 1. The lowest BCUT2D eigenvalue weighted by molar-refractivity contribution is -0.146. The van der Waals surface area contributed by atoms with Gasteiger partial charge in [0.25, 0.3) is 0 Å². The van der Waals surface area contributed by atoms with Crippen LogP contribution in [0.2, 0.25) is 0 Å². The molecule has 0 spiro atoms. The number of aromatic nitrogens is 4. The fourth-order valence-corrected chi connectivity index (χ4v) is 9.25. The average molecular weight is 877 g/mol. The zero-order valence-electron chi connectivity index (χ0n) is 36.3. The van der Waals surface area contributed by atoms with Gasteiger partial charge >= 0.3 is 19.8 Å².